The maximum atomic E-state index is 10.3. The quantitative estimate of drug-likeness (QED) is 0.398. The van der Waals surface area contributed by atoms with Gasteiger partial charge in [-0.3, -0.25) is 15.4 Å². The van der Waals surface area contributed by atoms with E-state index in [1.807, 2.05) is 0 Å². The van der Waals surface area contributed by atoms with E-state index in [1.165, 1.54) is 0 Å². The molecule has 40 valence electrons. The van der Waals surface area contributed by atoms with Crippen molar-refractivity contribution in [1.82, 2.24) is 10.6 Å². The van der Waals surface area contributed by atoms with Crippen molar-refractivity contribution in [3.63, 3.8) is 0 Å². The Bertz CT molecular complexity index is 73.8. The predicted molar refractivity (Wildman–Crippen MR) is 25.9 cm³/mol. The van der Waals surface area contributed by atoms with E-state index in [0.717, 1.165) is 6.67 Å². The van der Waals surface area contributed by atoms with Crippen molar-refractivity contribution in [3.05, 3.63) is 0 Å². The van der Waals surface area contributed by atoms with Crippen LogP contribution in [0.4, 0.5) is 0 Å². The van der Waals surface area contributed by atoms with E-state index >= 15 is 0 Å². The first-order valence-electron chi connectivity index (χ1n) is 2.33. The second-order valence-electron chi connectivity index (χ2n) is 1.57. The van der Waals surface area contributed by atoms with Crippen LogP contribution < -0.4 is 10.6 Å². The summed E-state index contributed by atoms with van der Waals surface area (Å²) in [6.07, 6.45) is 0. The lowest BCUT2D eigenvalue weighted by molar-refractivity contribution is -0.118. The van der Waals surface area contributed by atoms with E-state index in [4.69, 9.17) is 0 Å². The molecule has 0 atom stereocenters. The van der Waals surface area contributed by atoms with Gasteiger partial charge in [0, 0.05) is 6.67 Å². The lowest BCUT2D eigenvalue weighted by atomic mass is 10.3. The molecule has 0 amide bonds. The van der Waals surface area contributed by atoms with Crippen LogP contribution in [0.2, 0.25) is 0 Å². The van der Waals surface area contributed by atoms with E-state index < -0.39 is 0 Å². The molecule has 1 aliphatic rings. The van der Waals surface area contributed by atoms with Gasteiger partial charge in [-0.25, -0.2) is 0 Å². The van der Waals surface area contributed by atoms with Gasteiger partial charge in [0.15, 0.2) is 5.78 Å². The predicted octanol–water partition coefficient (Wildman–Crippen LogP) is -1.29. The molecule has 0 aromatic heterocycles. The highest BCUT2D eigenvalue weighted by atomic mass is 16.1. The molecule has 1 saturated heterocycles. The highest BCUT2D eigenvalue weighted by molar-refractivity contribution is 5.82. The van der Waals surface area contributed by atoms with Gasteiger partial charge in [0.25, 0.3) is 0 Å². The molecule has 7 heavy (non-hydrogen) atoms. The topological polar surface area (TPSA) is 41.1 Å². The van der Waals surface area contributed by atoms with Crippen molar-refractivity contribution in [2.45, 2.75) is 0 Å². The van der Waals surface area contributed by atoms with Gasteiger partial charge in [-0.1, -0.05) is 0 Å². The molecule has 1 rings (SSSR count). The van der Waals surface area contributed by atoms with Crippen LogP contribution in [0.1, 0.15) is 0 Å². The first-order chi connectivity index (χ1) is 3.39. The normalized spacial score (nSPS) is 22.6. The van der Waals surface area contributed by atoms with Crippen LogP contribution >= 0.6 is 0 Å². The second kappa shape index (κ2) is 2.04. The number of carbonyl (C=O) groups excluding carboxylic acids is 1. The van der Waals surface area contributed by atoms with Crippen molar-refractivity contribution < 1.29 is 4.79 Å². The molecule has 1 fully saturated rings. The summed E-state index contributed by atoms with van der Waals surface area (Å²) in [6.45, 7) is 1.84. The third kappa shape index (κ3) is 1.25. The lowest BCUT2D eigenvalue weighted by Gasteiger charge is -2.10. The second-order valence-corrected chi connectivity index (χ2v) is 1.57. The molecule has 0 unspecified atom stereocenters. The van der Waals surface area contributed by atoms with E-state index in [-0.39, 0.29) is 5.78 Å². The van der Waals surface area contributed by atoms with Gasteiger partial charge in [-0.2, -0.15) is 0 Å². The van der Waals surface area contributed by atoms with Crippen LogP contribution in [0.15, 0.2) is 0 Å². The highest BCUT2D eigenvalue weighted by Crippen LogP contribution is 1.70. The van der Waals surface area contributed by atoms with Crippen molar-refractivity contribution in [3.8, 4) is 0 Å². The molecule has 0 aliphatic carbocycles. The van der Waals surface area contributed by atoms with E-state index in [1.54, 1.807) is 0 Å². The monoisotopic (exact) mass is 100 g/mol. The summed E-state index contributed by atoms with van der Waals surface area (Å²) >= 11 is 0. The first kappa shape index (κ1) is 4.74. The number of Topliss-reactive ketones (excluding diaryl/α,β-unsaturated/α-hetero) is 1. The molecular formula is C4H8N2O. The van der Waals surface area contributed by atoms with E-state index in [2.05, 4.69) is 10.6 Å². The van der Waals surface area contributed by atoms with Crippen LogP contribution in [0.5, 0.6) is 0 Å². The van der Waals surface area contributed by atoms with Gasteiger partial charge < -0.3 is 0 Å². The summed E-state index contributed by atoms with van der Waals surface area (Å²) in [7, 11) is 0. The van der Waals surface area contributed by atoms with Gasteiger partial charge in [0.2, 0.25) is 0 Å². The Morgan fingerprint density at radius 3 is 2.14 bits per heavy atom. The van der Waals surface area contributed by atoms with Gasteiger partial charge in [0.1, 0.15) is 0 Å². The third-order valence-corrected chi connectivity index (χ3v) is 0.894. The fourth-order valence-corrected chi connectivity index (χ4v) is 0.555. The van der Waals surface area contributed by atoms with Crippen molar-refractivity contribution in [2.24, 2.45) is 0 Å². The maximum Gasteiger partial charge on any atom is 0.160 e. The largest absolute Gasteiger partial charge is 0.297 e. The van der Waals surface area contributed by atoms with Crippen LogP contribution in [0, 0.1) is 0 Å². The summed E-state index contributed by atoms with van der Waals surface area (Å²) in [5.74, 6) is 0.242. The Morgan fingerprint density at radius 2 is 1.86 bits per heavy atom. The molecule has 1 aliphatic heterocycles. The van der Waals surface area contributed by atoms with Gasteiger partial charge in [-0.05, 0) is 0 Å². The summed E-state index contributed by atoms with van der Waals surface area (Å²) in [5.41, 5.74) is 0. The van der Waals surface area contributed by atoms with Crippen LogP contribution in [-0.2, 0) is 4.79 Å². The Morgan fingerprint density at radius 1 is 1.29 bits per heavy atom. The van der Waals surface area contributed by atoms with Crippen molar-refractivity contribution >= 4 is 5.78 Å². The number of carbonyl (C=O) groups is 1. The molecule has 3 nitrogen and oxygen atoms in total. The van der Waals surface area contributed by atoms with Gasteiger partial charge >= 0.3 is 0 Å². The number of hydrogen-bond donors (Lipinski definition) is 2. The fraction of sp³-hybridized carbons (Fsp3) is 0.750. The molecule has 2 N–H and O–H groups in total. The Hall–Kier alpha value is -0.410. The number of nitrogens with one attached hydrogen (secondary N) is 2. The SMILES string of the molecule is O=C1CNCNC1. The van der Waals surface area contributed by atoms with Crippen molar-refractivity contribution in [1.29, 1.82) is 0 Å². The van der Waals surface area contributed by atoms with Crippen LogP contribution in [-0.4, -0.2) is 25.5 Å². The molecule has 1 heterocycles. The zero-order valence-corrected chi connectivity index (χ0v) is 4.03. The zero-order chi connectivity index (χ0) is 5.11. The van der Waals surface area contributed by atoms with E-state index in [0.29, 0.717) is 13.1 Å². The summed E-state index contributed by atoms with van der Waals surface area (Å²) in [4.78, 5) is 10.3. The smallest absolute Gasteiger partial charge is 0.160 e. The number of ketones is 1. The van der Waals surface area contributed by atoms with Crippen molar-refractivity contribution in [2.75, 3.05) is 19.8 Å². The molecule has 0 aromatic rings. The molecule has 0 radical (unpaired) electrons. The molecule has 3 heteroatoms. The zero-order valence-electron chi connectivity index (χ0n) is 4.03. The van der Waals surface area contributed by atoms with Gasteiger partial charge in [0.05, 0.1) is 13.1 Å². The Balaban J connectivity index is 2.25. The average Bonchev–Trinajstić information content (AvgIpc) is 1.69. The number of rotatable bonds is 0. The molecule has 0 spiro atoms. The van der Waals surface area contributed by atoms with Crippen LogP contribution in [0.25, 0.3) is 0 Å². The minimum atomic E-state index is 0.242. The average molecular weight is 100 g/mol. The highest BCUT2D eigenvalue weighted by Gasteiger charge is 2.03. The fourth-order valence-electron chi connectivity index (χ4n) is 0.555. The van der Waals surface area contributed by atoms with Gasteiger partial charge in [-0.15, -0.1) is 0 Å². The summed E-state index contributed by atoms with van der Waals surface area (Å²) < 4.78 is 0. The lowest BCUT2D eigenvalue weighted by Crippen LogP contribution is -2.44. The maximum absolute atomic E-state index is 10.3. The third-order valence-electron chi connectivity index (χ3n) is 0.894. The molecular weight excluding hydrogens is 92.1 g/mol. The minimum Gasteiger partial charge on any atom is -0.297 e. The van der Waals surface area contributed by atoms with E-state index in [9.17, 15) is 4.79 Å². The van der Waals surface area contributed by atoms with Crippen LogP contribution in [0.3, 0.4) is 0 Å². The summed E-state index contributed by atoms with van der Waals surface area (Å²) in [6, 6.07) is 0. The first-order valence-corrected chi connectivity index (χ1v) is 2.33. The Kier molecular flexibility index (Phi) is 1.38. The standard InChI is InChI=1S/C4H8N2O/c7-4-1-5-3-6-2-4/h5-6H,1-3H2. The summed E-state index contributed by atoms with van der Waals surface area (Å²) in [5, 5.41) is 5.75. The molecule has 0 saturated carbocycles. The minimum absolute atomic E-state index is 0.242. The molecule has 0 bridgehead atoms. The Labute approximate surface area is 42.1 Å². The molecule has 0 aromatic carbocycles. The number of hydrogen-bond acceptors (Lipinski definition) is 3.